The molecule has 0 spiro atoms. The number of anilines is 1. The van der Waals surface area contributed by atoms with E-state index in [9.17, 15) is 14.0 Å². The minimum Gasteiger partial charge on any atom is -0.451 e. The summed E-state index contributed by atoms with van der Waals surface area (Å²) in [5.74, 6) is -0.865. The Labute approximate surface area is 131 Å². The minimum atomic E-state index is -0.443. The lowest BCUT2D eigenvalue weighted by molar-refractivity contribution is 0.0962. The van der Waals surface area contributed by atoms with Gasteiger partial charge in [-0.3, -0.25) is 9.59 Å². The zero-order valence-corrected chi connectivity index (χ0v) is 12.5. The standard InChI is InChI=1S/C18H14FNO3/c1-2-20(13-9-7-12(19)8-10-13)18(22)17-11-15(21)14-5-3-4-6-16(14)23-17/h3-11H,2H2,1H3. The Bertz CT molecular complexity index is 915. The molecule has 0 aliphatic carbocycles. The number of halogens is 1. The maximum Gasteiger partial charge on any atom is 0.294 e. The fourth-order valence-corrected chi connectivity index (χ4v) is 2.41. The van der Waals surface area contributed by atoms with Gasteiger partial charge in [-0.2, -0.15) is 0 Å². The summed E-state index contributed by atoms with van der Waals surface area (Å²) in [7, 11) is 0. The molecule has 1 aromatic heterocycles. The molecule has 23 heavy (non-hydrogen) atoms. The third-order valence-electron chi connectivity index (χ3n) is 3.55. The summed E-state index contributed by atoms with van der Waals surface area (Å²) in [5.41, 5.74) is 0.624. The van der Waals surface area contributed by atoms with Gasteiger partial charge in [-0.05, 0) is 43.3 Å². The average Bonchev–Trinajstić information content (AvgIpc) is 2.57. The minimum absolute atomic E-state index is 0.0418. The van der Waals surface area contributed by atoms with Crippen molar-refractivity contribution in [3.8, 4) is 0 Å². The van der Waals surface area contributed by atoms with Gasteiger partial charge in [0.2, 0.25) is 0 Å². The van der Waals surface area contributed by atoms with Gasteiger partial charge < -0.3 is 9.32 Å². The van der Waals surface area contributed by atoms with Crippen LogP contribution >= 0.6 is 0 Å². The molecular formula is C18H14FNO3. The predicted octanol–water partition coefficient (Wildman–Crippen LogP) is 3.60. The molecule has 3 rings (SSSR count). The third kappa shape index (κ3) is 2.85. The fourth-order valence-electron chi connectivity index (χ4n) is 2.41. The average molecular weight is 311 g/mol. The lowest BCUT2D eigenvalue weighted by atomic mass is 10.2. The van der Waals surface area contributed by atoms with Crippen molar-refractivity contribution >= 4 is 22.6 Å². The normalized spacial score (nSPS) is 10.7. The summed E-state index contributed by atoms with van der Waals surface area (Å²) >= 11 is 0. The number of hydrogen-bond donors (Lipinski definition) is 0. The third-order valence-corrected chi connectivity index (χ3v) is 3.55. The highest BCUT2D eigenvalue weighted by Gasteiger charge is 2.20. The second-order valence-corrected chi connectivity index (χ2v) is 5.00. The number of carbonyl (C=O) groups excluding carboxylic acids is 1. The maximum absolute atomic E-state index is 13.0. The number of para-hydroxylation sites is 1. The zero-order valence-electron chi connectivity index (χ0n) is 12.5. The molecule has 1 heterocycles. The molecular weight excluding hydrogens is 297 g/mol. The Morgan fingerprint density at radius 2 is 1.83 bits per heavy atom. The summed E-state index contributed by atoms with van der Waals surface area (Å²) in [6, 6.07) is 13.5. The van der Waals surface area contributed by atoms with Crippen molar-refractivity contribution in [3.05, 3.63) is 76.4 Å². The van der Waals surface area contributed by atoms with Crippen molar-refractivity contribution in [3.63, 3.8) is 0 Å². The molecule has 0 fully saturated rings. The number of rotatable bonds is 3. The highest BCUT2D eigenvalue weighted by atomic mass is 19.1. The van der Waals surface area contributed by atoms with Gasteiger partial charge in [0.1, 0.15) is 11.4 Å². The van der Waals surface area contributed by atoms with E-state index >= 15 is 0 Å². The van der Waals surface area contributed by atoms with Crippen LogP contribution in [-0.2, 0) is 0 Å². The molecule has 2 aromatic carbocycles. The summed E-state index contributed by atoms with van der Waals surface area (Å²) < 4.78 is 18.6. The summed E-state index contributed by atoms with van der Waals surface area (Å²) in [5, 5.41) is 0.425. The number of benzene rings is 2. The number of hydrogen-bond acceptors (Lipinski definition) is 3. The maximum atomic E-state index is 13.0. The molecule has 5 heteroatoms. The number of amides is 1. The highest BCUT2D eigenvalue weighted by Crippen LogP contribution is 2.19. The topological polar surface area (TPSA) is 50.5 Å². The van der Waals surface area contributed by atoms with Gasteiger partial charge in [-0.1, -0.05) is 12.1 Å². The van der Waals surface area contributed by atoms with Crippen molar-refractivity contribution in [1.29, 1.82) is 0 Å². The molecule has 116 valence electrons. The Kier molecular flexibility index (Phi) is 3.93. The lowest BCUT2D eigenvalue weighted by Crippen LogP contribution is -2.31. The molecule has 3 aromatic rings. The molecule has 4 nitrogen and oxygen atoms in total. The SMILES string of the molecule is CCN(C(=O)c1cc(=O)c2ccccc2o1)c1ccc(F)cc1. The van der Waals surface area contributed by atoms with Crippen LogP contribution in [0.4, 0.5) is 10.1 Å². The van der Waals surface area contributed by atoms with Crippen molar-refractivity contribution < 1.29 is 13.6 Å². The fraction of sp³-hybridized carbons (Fsp3) is 0.111. The van der Waals surface area contributed by atoms with Crippen LogP contribution in [0.15, 0.2) is 63.8 Å². The number of nitrogens with zero attached hydrogens (tertiary/aromatic N) is 1. The van der Waals surface area contributed by atoms with Gasteiger partial charge in [-0.25, -0.2) is 4.39 Å². The van der Waals surface area contributed by atoms with Crippen LogP contribution in [0.2, 0.25) is 0 Å². The monoisotopic (exact) mass is 311 g/mol. The van der Waals surface area contributed by atoms with E-state index < -0.39 is 5.91 Å². The highest BCUT2D eigenvalue weighted by molar-refractivity contribution is 6.04. The van der Waals surface area contributed by atoms with Crippen LogP contribution < -0.4 is 10.3 Å². The molecule has 0 N–H and O–H groups in total. The first-order chi connectivity index (χ1) is 11.1. The van der Waals surface area contributed by atoms with E-state index in [1.807, 2.05) is 0 Å². The molecule has 1 amide bonds. The molecule has 0 saturated heterocycles. The van der Waals surface area contributed by atoms with Gasteiger partial charge in [0.05, 0.1) is 5.39 Å². The first-order valence-corrected chi connectivity index (χ1v) is 7.20. The van der Waals surface area contributed by atoms with Gasteiger partial charge in [0, 0.05) is 18.3 Å². The zero-order chi connectivity index (χ0) is 16.4. The van der Waals surface area contributed by atoms with E-state index in [1.54, 1.807) is 31.2 Å². The predicted molar refractivity (Wildman–Crippen MR) is 86.2 cm³/mol. The summed E-state index contributed by atoms with van der Waals surface area (Å²) in [6.07, 6.45) is 0. The van der Waals surface area contributed by atoms with E-state index in [1.165, 1.54) is 35.2 Å². The van der Waals surface area contributed by atoms with Crippen LogP contribution in [0.5, 0.6) is 0 Å². The molecule has 0 radical (unpaired) electrons. The van der Waals surface area contributed by atoms with Crippen molar-refractivity contribution in [1.82, 2.24) is 0 Å². The first kappa shape index (κ1) is 15.0. The van der Waals surface area contributed by atoms with E-state index in [0.29, 0.717) is 23.2 Å². The number of fused-ring (bicyclic) bond motifs is 1. The summed E-state index contributed by atoms with van der Waals surface area (Å²) in [6.45, 7) is 2.15. The Balaban J connectivity index is 2.04. The van der Waals surface area contributed by atoms with E-state index in [4.69, 9.17) is 4.42 Å². The number of carbonyl (C=O) groups is 1. The van der Waals surface area contributed by atoms with Crippen LogP contribution in [-0.4, -0.2) is 12.5 Å². The van der Waals surface area contributed by atoms with Crippen LogP contribution in [0.25, 0.3) is 11.0 Å². The summed E-state index contributed by atoms with van der Waals surface area (Å²) in [4.78, 5) is 26.2. The largest absolute Gasteiger partial charge is 0.451 e. The van der Waals surface area contributed by atoms with Gasteiger partial charge in [0.25, 0.3) is 5.91 Å². The Morgan fingerprint density at radius 3 is 2.52 bits per heavy atom. The molecule has 0 atom stereocenters. The lowest BCUT2D eigenvalue weighted by Gasteiger charge is -2.20. The van der Waals surface area contributed by atoms with Gasteiger partial charge in [-0.15, -0.1) is 0 Å². The van der Waals surface area contributed by atoms with Gasteiger partial charge in [0.15, 0.2) is 11.2 Å². The molecule has 0 aliphatic heterocycles. The van der Waals surface area contributed by atoms with Crippen LogP contribution in [0.1, 0.15) is 17.5 Å². The second kappa shape index (κ2) is 6.04. The van der Waals surface area contributed by atoms with Crippen molar-refractivity contribution in [2.75, 3.05) is 11.4 Å². The van der Waals surface area contributed by atoms with Crippen molar-refractivity contribution in [2.24, 2.45) is 0 Å². The molecule has 0 unspecified atom stereocenters. The van der Waals surface area contributed by atoms with E-state index in [-0.39, 0.29) is 17.0 Å². The van der Waals surface area contributed by atoms with E-state index in [0.717, 1.165) is 0 Å². The second-order valence-electron chi connectivity index (χ2n) is 5.00. The quantitative estimate of drug-likeness (QED) is 0.742. The first-order valence-electron chi connectivity index (χ1n) is 7.20. The molecule has 0 saturated carbocycles. The Morgan fingerprint density at radius 1 is 1.13 bits per heavy atom. The van der Waals surface area contributed by atoms with Crippen LogP contribution in [0, 0.1) is 5.82 Å². The van der Waals surface area contributed by atoms with Crippen LogP contribution in [0.3, 0.4) is 0 Å². The molecule has 0 aliphatic rings. The Hall–Kier alpha value is -2.95. The van der Waals surface area contributed by atoms with Gasteiger partial charge >= 0.3 is 0 Å². The molecule has 0 bridgehead atoms. The smallest absolute Gasteiger partial charge is 0.294 e. The van der Waals surface area contributed by atoms with Crippen molar-refractivity contribution in [2.45, 2.75) is 6.92 Å². The van der Waals surface area contributed by atoms with E-state index in [2.05, 4.69) is 0 Å².